The van der Waals surface area contributed by atoms with Gasteiger partial charge in [0.1, 0.15) is 0 Å². The van der Waals surface area contributed by atoms with E-state index in [1.54, 1.807) is 6.07 Å². The van der Waals surface area contributed by atoms with Crippen molar-refractivity contribution in [3.05, 3.63) is 29.8 Å². The van der Waals surface area contributed by atoms with Gasteiger partial charge in [0.25, 0.3) is 0 Å². The number of anilines is 1. The van der Waals surface area contributed by atoms with Crippen LogP contribution in [0.3, 0.4) is 0 Å². The summed E-state index contributed by atoms with van der Waals surface area (Å²) in [6.45, 7) is 3.44. The number of halogens is 3. The molecule has 1 aliphatic heterocycles. The predicted molar refractivity (Wildman–Crippen MR) is 61.0 cm³/mol. The van der Waals surface area contributed by atoms with E-state index in [0.29, 0.717) is 6.54 Å². The fourth-order valence-corrected chi connectivity index (χ4v) is 2.09. The molecule has 2 N–H and O–H groups in total. The van der Waals surface area contributed by atoms with Crippen LogP contribution in [0.2, 0.25) is 0 Å². The Morgan fingerprint density at radius 2 is 2.00 bits per heavy atom. The van der Waals surface area contributed by atoms with E-state index in [2.05, 4.69) is 10.6 Å². The molecule has 2 rings (SSSR count). The first-order valence-corrected chi connectivity index (χ1v) is 5.56. The van der Waals surface area contributed by atoms with Crippen LogP contribution in [-0.2, 0) is 6.18 Å². The van der Waals surface area contributed by atoms with Crippen LogP contribution in [-0.4, -0.2) is 18.6 Å². The lowest BCUT2D eigenvalue weighted by molar-refractivity contribution is -0.137. The van der Waals surface area contributed by atoms with Gasteiger partial charge in [0.15, 0.2) is 0 Å². The molecule has 0 aliphatic carbocycles. The van der Waals surface area contributed by atoms with Crippen molar-refractivity contribution in [2.45, 2.75) is 25.1 Å². The minimum absolute atomic E-state index is 0.159. The Hall–Kier alpha value is -1.23. The van der Waals surface area contributed by atoms with Crippen molar-refractivity contribution < 1.29 is 13.2 Å². The van der Waals surface area contributed by atoms with E-state index in [0.717, 1.165) is 19.0 Å². The van der Waals surface area contributed by atoms with Gasteiger partial charge in [-0.3, -0.25) is 0 Å². The van der Waals surface area contributed by atoms with Crippen LogP contribution in [0, 0.1) is 0 Å². The highest BCUT2D eigenvalue weighted by Gasteiger charge is 2.36. The van der Waals surface area contributed by atoms with Gasteiger partial charge in [-0.1, -0.05) is 12.1 Å². The maximum Gasteiger partial charge on any atom is 0.418 e. The summed E-state index contributed by atoms with van der Waals surface area (Å²) in [5, 5.41) is 6.16. The van der Waals surface area contributed by atoms with Crippen molar-refractivity contribution in [1.82, 2.24) is 5.32 Å². The Morgan fingerprint density at radius 1 is 1.29 bits per heavy atom. The average Bonchev–Trinajstić information content (AvgIpc) is 2.64. The second-order valence-electron chi connectivity index (χ2n) is 4.66. The van der Waals surface area contributed by atoms with Gasteiger partial charge in [-0.25, -0.2) is 0 Å². The molecule has 17 heavy (non-hydrogen) atoms. The Bertz CT molecular complexity index is 395. The highest BCUT2D eigenvalue weighted by molar-refractivity contribution is 5.54. The van der Waals surface area contributed by atoms with Crippen LogP contribution in [0.25, 0.3) is 0 Å². The van der Waals surface area contributed by atoms with Crippen LogP contribution in [0.1, 0.15) is 18.9 Å². The number of hydrogen-bond acceptors (Lipinski definition) is 2. The molecule has 1 aromatic carbocycles. The molecule has 1 unspecified atom stereocenters. The first-order valence-electron chi connectivity index (χ1n) is 5.56. The largest absolute Gasteiger partial charge is 0.418 e. The molecular weight excluding hydrogens is 229 g/mol. The monoisotopic (exact) mass is 244 g/mol. The van der Waals surface area contributed by atoms with E-state index >= 15 is 0 Å². The topological polar surface area (TPSA) is 24.1 Å². The highest BCUT2D eigenvalue weighted by atomic mass is 19.4. The predicted octanol–water partition coefficient (Wildman–Crippen LogP) is 2.87. The molecule has 1 heterocycles. The van der Waals surface area contributed by atoms with Gasteiger partial charge >= 0.3 is 6.18 Å². The molecule has 1 aromatic rings. The summed E-state index contributed by atoms with van der Waals surface area (Å²) in [5.41, 5.74) is -0.749. The molecule has 1 atom stereocenters. The molecule has 0 saturated carbocycles. The molecule has 5 heteroatoms. The maximum absolute atomic E-state index is 12.8. The minimum Gasteiger partial charge on any atom is -0.378 e. The summed E-state index contributed by atoms with van der Waals surface area (Å²) in [4.78, 5) is 0. The van der Waals surface area contributed by atoms with E-state index < -0.39 is 11.7 Å². The Balaban J connectivity index is 2.26. The molecule has 1 fully saturated rings. The molecule has 0 radical (unpaired) electrons. The summed E-state index contributed by atoms with van der Waals surface area (Å²) in [5.74, 6) is 0. The molecular formula is C12H15F3N2. The van der Waals surface area contributed by atoms with Crippen LogP contribution in [0.4, 0.5) is 18.9 Å². The van der Waals surface area contributed by atoms with Crippen LogP contribution in [0.5, 0.6) is 0 Å². The lowest BCUT2D eigenvalue weighted by atomic mass is 10.00. The summed E-state index contributed by atoms with van der Waals surface area (Å²) in [6.07, 6.45) is -3.49. The molecule has 1 aliphatic rings. The highest BCUT2D eigenvalue weighted by Crippen LogP contribution is 2.36. The van der Waals surface area contributed by atoms with Crippen molar-refractivity contribution in [3.8, 4) is 0 Å². The lowest BCUT2D eigenvalue weighted by Crippen LogP contribution is -2.37. The first-order chi connectivity index (χ1) is 7.91. The first kappa shape index (κ1) is 12.2. The minimum atomic E-state index is -4.31. The van der Waals surface area contributed by atoms with Crippen molar-refractivity contribution in [1.29, 1.82) is 0 Å². The number of rotatable bonds is 2. The fourth-order valence-electron chi connectivity index (χ4n) is 2.09. The van der Waals surface area contributed by atoms with Gasteiger partial charge in [0.05, 0.1) is 5.56 Å². The van der Waals surface area contributed by atoms with Crippen LogP contribution in [0.15, 0.2) is 24.3 Å². The molecule has 0 aromatic heterocycles. The third kappa shape index (κ3) is 2.72. The molecule has 0 amide bonds. The van der Waals surface area contributed by atoms with Crippen molar-refractivity contribution in [2.24, 2.45) is 0 Å². The van der Waals surface area contributed by atoms with E-state index in [-0.39, 0.29) is 11.2 Å². The summed E-state index contributed by atoms with van der Waals surface area (Å²) >= 11 is 0. The number of alkyl halides is 3. The number of nitrogens with one attached hydrogen (secondary N) is 2. The van der Waals surface area contributed by atoms with E-state index in [1.807, 2.05) is 6.92 Å². The van der Waals surface area contributed by atoms with Crippen molar-refractivity contribution in [2.75, 3.05) is 18.4 Å². The smallest absolute Gasteiger partial charge is 0.378 e. The van der Waals surface area contributed by atoms with Crippen molar-refractivity contribution >= 4 is 5.69 Å². The van der Waals surface area contributed by atoms with E-state index in [9.17, 15) is 13.2 Å². The van der Waals surface area contributed by atoms with Gasteiger partial charge in [-0.2, -0.15) is 13.2 Å². The SMILES string of the molecule is CC1(Nc2ccccc2C(F)(F)F)CCNC1. The molecule has 1 saturated heterocycles. The van der Waals surface area contributed by atoms with Crippen LogP contribution >= 0.6 is 0 Å². The Labute approximate surface area is 98.2 Å². The summed E-state index contributed by atoms with van der Waals surface area (Å²) in [7, 11) is 0. The van der Waals surface area contributed by atoms with Crippen LogP contribution < -0.4 is 10.6 Å². The summed E-state index contributed by atoms with van der Waals surface area (Å²) < 4.78 is 38.4. The van der Waals surface area contributed by atoms with Gasteiger partial charge in [0, 0.05) is 17.8 Å². The maximum atomic E-state index is 12.8. The second kappa shape index (κ2) is 4.22. The molecule has 2 nitrogen and oxygen atoms in total. The number of benzene rings is 1. The number of para-hydroxylation sites is 1. The Kier molecular flexibility index (Phi) is 3.03. The zero-order valence-electron chi connectivity index (χ0n) is 9.56. The molecule has 0 spiro atoms. The lowest BCUT2D eigenvalue weighted by Gasteiger charge is -2.27. The Morgan fingerprint density at radius 3 is 2.59 bits per heavy atom. The summed E-state index contributed by atoms with van der Waals surface area (Å²) in [6, 6.07) is 5.60. The van der Waals surface area contributed by atoms with Crippen molar-refractivity contribution in [3.63, 3.8) is 0 Å². The molecule has 0 bridgehead atoms. The third-order valence-corrected chi connectivity index (χ3v) is 3.04. The zero-order chi connectivity index (χ0) is 12.5. The van der Waals surface area contributed by atoms with E-state index in [4.69, 9.17) is 0 Å². The fraction of sp³-hybridized carbons (Fsp3) is 0.500. The van der Waals surface area contributed by atoms with Gasteiger partial charge < -0.3 is 10.6 Å². The van der Waals surface area contributed by atoms with E-state index in [1.165, 1.54) is 12.1 Å². The normalized spacial score (nSPS) is 24.9. The van der Waals surface area contributed by atoms with Gasteiger partial charge in [0.2, 0.25) is 0 Å². The zero-order valence-corrected chi connectivity index (χ0v) is 9.56. The number of hydrogen-bond donors (Lipinski definition) is 2. The third-order valence-electron chi connectivity index (χ3n) is 3.04. The quantitative estimate of drug-likeness (QED) is 0.836. The molecule has 94 valence electrons. The average molecular weight is 244 g/mol. The second-order valence-corrected chi connectivity index (χ2v) is 4.66. The van der Waals surface area contributed by atoms with Gasteiger partial charge in [-0.15, -0.1) is 0 Å². The van der Waals surface area contributed by atoms with Gasteiger partial charge in [-0.05, 0) is 32.0 Å². The standard InChI is InChI=1S/C12H15F3N2/c1-11(6-7-16-8-11)17-10-5-3-2-4-9(10)12(13,14)15/h2-5,16-17H,6-8H2,1H3.